The molecule has 0 saturated heterocycles. The second kappa shape index (κ2) is 112. The first-order chi connectivity index (χ1) is 15.4. The molecule has 0 aliphatic carbocycles. The van der Waals surface area contributed by atoms with Crippen molar-refractivity contribution in [1.82, 2.24) is 0 Å². The van der Waals surface area contributed by atoms with E-state index in [0.717, 1.165) is 0 Å². The van der Waals surface area contributed by atoms with Gasteiger partial charge < -0.3 is 119 Å². The summed E-state index contributed by atoms with van der Waals surface area (Å²) >= 11 is 28.0. The van der Waals surface area contributed by atoms with Gasteiger partial charge in [0.1, 0.15) is 0 Å². The van der Waals surface area contributed by atoms with Crippen molar-refractivity contribution in [2.45, 2.75) is 0 Å². The molecule has 0 unspecified atom stereocenters. The SMILES string of the molecule is O.O.O.O.O.O.O.O=C([O-])CCl.O=C([O-])CCl.O=C([O-])CCl.O=C([O-])CCl.O=C([O-])CCl.O=C([O-])CCl.O=[N+]([O-])[O-].[Fe+3].[Fe+3].[Fe+3].[O-2]. The fourth-order valence-electron chi connectivity index (χ4n) is 0. The van der Waals surface area contributed by atoms with E-state index in [1.54, 1.807) is 0 Å². The van der Waals surface area contributed by atoms with Crippen molar-refractivity contribution in [2.75, 3.05) is 35.3 Å². The Balaban J connectivity index is -0.0000000114. The molecule has 283 valence electrons. The van der Waals surface area contributed by atoms with Crippen LogP contribution in [0.2, 0.25) is 0 Å². The first-order valence-corrected chi connectivity index (χ1v) is 9.93. The molecule has 0 saturated carbocycles. The van der Waals surface area contributed by atoms with Gasteiger partial charge in [0.2, 0.25) is 0 Å². The number of alkyl halides is 6. The molecule has 0 aromatic heterocycles. The molecule has 45 heavy (non-hydrogen) atoms. The van der Waals surface area contributed by atoms with Gasteiger partial charge in [0.25, 0.3) is 0 Å². The van der Waals surface area contributed by atoms with Crippen molar-refractivity contribution in [3.63, 3.8) is 0 Å². The van der Waals surface area contributed by atoms with Crippen LogP contribution in [0.5, 0.6) is 0 Å². The number of carboxylic acids is 6. The molecule has 0 aromatic rings. The third-order valence-corrected chi connectivity index (χ3v) is 1.96. The second-order valence-electron chi connectivity index (χ2n) is 3.26. The Morgan fingerprint density at radius 2 is 0.400 bits per heavy atom. The van der Waals surface area contributed by atoms with E-state index in [2.05, 4.69) is 69.6 Å². The zero-order valence-corrected chi connectivity index (χ0v) is 28.9. The zero-order valence-electron chi connectivity index (χ0n) is 21.1. The fraction of sp³-hybridized carbons (Fsp3) is 0.500. The molecule has 33 heteroatoms. The summed E-state index contributed by atoms with van der Waals surface area (Å²) in [5.41, 5.74) is 0. The van der Waals surface area contributed by atoms with Crippen molar-refractivity contribution in [3.05, 3.63) is 15.3 Å². The van der Waals surface area contributed by atoms with Gasteiger partial charge in [-0.25, -0.2) is 0 Å². The Kier molecular flexibility index (Phi) is 300. The summed E-state index contributed by atoms with van der Waals surface area (Å²) in [6.45, 7) is 0. The van der Waals surface area contributed by atoms with E-state index in [9.17, 15) is 0 Å². The molecule has 0 amide bonds. The van der Waals surface area contributed by atoms with Crippen LogP contribution in [-0.4, -0.2) is 115 Å². The van der Waals surface area contributed by atoms with Crippen molar-refractivity contribution >= 4 is 105 Å². The summed E-state index contributed by atoms with van der Waals surface area (Å²) in [7, 11) is 0. The molecular formula is C12H26Cl6Fe3NO23. The molecule has 0 aliphatic rings. The van der Waals surface area contributed by atoms with Crippen LogP contribution >= 0.6 is 69.6 Å². The van der Waals surface area contributed by atoms with Crippen LogP contribution in [0.1, 0.15) is 0 Å². The molecule has 0 aromatic carbocycles. The zero-order chi connectivity index (χ0) is 29.3. The Labute approximate surface area is 313 Å². The Hall–Kier alpha value is -1.00. The molecule has 0 heterocycles. The van der Waals surface area contributed by atoms with Crippen LogP contribution < -0.4 is 30.6 Å². The number of carboxylic acid groups (broad SMARTS) is 6. The fourth-order valence-corrected chi connectivity index (χ4v) is 0. The summed E-state index contributed by atoms with van der Waals surface area (Å²) in [6, 6.07) is 0. The van der Waals surface area contributed by atoms with Crippen molar-refractivity contribution in [1.29, 1.82) is 0 Å². The van der Waals surface area contributed by atoms with Crippen molar-refractivity contribution in [3.8, 4) is 0 Å². The summed E-state index contributed by atoms with van der Waals surface area (Å²) < 4.78 is 0. The second-order valence-corrected chi connectivity index (χ2v) is 4.86. The molecule has 14 N–H and O–H groups in total. The van der Waals surface area contributed by atoms with E-state index in [1.165, 1.54) is 0 Å². The number of hydrogen-bond acceptors (Lipinski definition) is 15. The Bertz CT molecular complexity index is 475. The normalized spacial score (nSPS) is 5.47. The number of aliphatic carboxylic acids is 6. The minimum absolute atomic E-state index is 0. The summed E-state index contributed by atoms with van der Waals surface area (Å²) in [4.78, 5) is 63.0. The number of halogens is 6. The van der Waals surface area contributed by atoms with Crippen LogP contribution in [0.15, 0.2) is 0 Å². The molecule has 0 atom stereocenters. The van der Waals surface area contributed by atoms with Gasteiger partial charge in [0, 0.05) is 0 Å². The first-order valence-electron chi connectivity index (χ1n) is 6.72. The molecule has 3 radical (unpaired) electrons. The topological polar surface area (TPSA) is 556 Å². The molecule has 0 spiro atoms. The molecule has 24 nitrogen and oxygen atoms in total. The maximum Gasteiger partial charge on any atom is 3.00 e. The van der Waals surface area contributed by atoms with E-state index >= 15 is 0 Å². The van der Waals surface area contributed by atoms with Crippen LogP contribution in [0.25, 0.3) is 0 Å². The number of nitrogens with zero attached hydrogens (tertiary/aromatic N) is 1. The van der Waals surface area contributed by atoms with Gasteiger partial charge in [-0.1, -0.05) is 0 Å². The Morgan fingerprint density at radius 1 is 0.378 bits per heavy atom. The van der Waals surface area contributed by atoms with Gasteiger partial charge in [-0.05, 0) is 0 Å². The van der Waals surface area contributed by atoms with E-state index in [-0.39, 0.29) is 95.0 Å². The maximum atomic E-state index is 9.12. The first kappa shape index (κ1) is 120. The van der Waals surface area contributed by atoms with Crippen molar-refractivity contribution in [2.24, 2.45) is 0 Å². The minimum atomic E-state index is -1.75. The molecule has 0 rings (SSSR count). The summed E-state index contributed by atoms with van der Waals surface area (Å²) in [6.07, 6.45) is 0. The molecule has 0 fully saturated rings. The monoisotopic (exact) mass is 930 g/mol. The van der Waals surface area contributed by atoms with Crippen LogP contribution in [0.4, 0.5) is 0 Å². The molecular weight excluding hydrogens is 906 g/mol. The molecule has 0 bridgehead atoms. The predicted molar refractivity (Wildman–Crippen MR) is 131 cm³/mol. The average Bonchev–Trinajstić information content (AvgIpc) is 2.75. The number of carbonyl (C=O) groups excluding carboxylic acids is 6. The van der Waals surface area contributed by atoms with Gasteiger partial charge in [-0.2, -0.15) is 0 Å². The van der Waals surface area contributed by atoms with Crippen LogP contribution in [0.3, 0.4) is 0 Å². The summed E-state index contributed by atoms with van der Waals surface area (Å²) in [5, 5.41) is 69.5. The molecule has 0 aliphatic heterocycles. The van der Waals surface area contributed by atoms with Gasteiger partial charge in [0.05, 0.1) is 76.2 Å². The van der Waals surface area contributed by atoms with Crippen molar-refractivity contribution < 1.29 is 160 Å². The third kappa shape index (κ3) is 597. The van der Waals surface area contributed by atoms with Gasteiger partial charge in [-0.3, -0.25) is 0 Å². The maximum absolute atomic E-state index is 9.12. The number of hydrogen-bond donors (Lipinski definition) is 0. The number of rotatable bonds is 6. The average molecular weight is 933 g/mol. The van der Waals surface area contributed by atoms with E-state index in [1.807, 2.05) is 0 Å². The predicted octanol–water partition coefficient (Wildman–Crippen LogP) is -12.3. The minimum Gasteiger partial charge on any atom is -2.00 e. The standard InChI is InChI=1S/6C2H3ClO2.3Fe.NO3.7H2O.O/c6*3-1-2(4)5;;;;2-1(3)4;;;;;;;;/h6*1H2,(H,4,5);;;;;7*1H2;/q;;;;;;3*+3;-1;;;;;;;;-2/p-6. The largest absolute Gasteiger partial charge is 3.00 e. The Morgan fingerprint density at radius 3 is 0.400 bits per heavy atom. The van der Waals surface area contributed by atoms with Gasteiger partial charge >= 0.3 is 51.2 Å². The number of carbonyl (C=O) groups is 6. The third-order valence-electron chi connectivity index (χ3n) is 0.655. The van der Waals surface area contributed by atoms with Gasteiger partial charge in [-0.15, -0.1) is 69.6 Å². The van der Waals surface area contributed by atoms with E-state index < -0.39 is 76.2 Å². The van der Waals surface area contributed by atoms with E-state index in [4.69, 9.17) is 74.7 Å². The van der Waals surface area contributed by atoms with Gasteiger partial charge in [0.15, 0.2) is 0 Å². The van der Waals surface area contributed by atoms with Crippen LogP contribution in [-0.2, 0) is 85.4 Å². The smallest absolute Gasteiger partial charge is 2.00 e. The summed E-state index contributed by atoms with van der Waals surface area (Å²) in [5.74, 6) is -9.88. The quantitative estimate of drug-likeness (QED) is 0.103. The van der Waals surface area contributed by atoms with E-state index in [0.29, 0.717) is 0 Å². The van der Waals surface area contributed by atoms with Crippen LogP contribution in [0, 0.1) is 15.3 Å².